The Hall–Kier alpha value is -3.75. The molecule has 6 heterocycles. The number of pyridine rings is 1. The van der Waals surface area contributed by atoms with Crippen molar-refractivity contribution in [1.82, 2.24) is 34.6 Å². The second-order valence-electron chi connectivity index (χ2n) is 9.17. The number of likely N-dealkylation sites (tertiary alicyclic amines) is 2. The fourth-order valence-corrected chi connectivity index (χ4v) is 5.49. The summed E-state index contributed by atoms with van der Waals surface area (Å²) in [6, 6.07) is 7.79. The van der Waals surface area contributed by atoms with Crippen molar-refractivity contribution < 1.29 is 9.59 Å². The lowest BCUT2D eigenvalue weighted by Gasteiger charge is -2.27. The summed E-state index contributed by atoms with van der Waals surface area (Å²) in [6.07, 6.45) is 8.36. The van der Waals surface area contributed by atoms with Crippen molar-refractivity contribution in [3.63, 3.8) is 0 Å². The van der Waals surface area contributed by atoms with Crippen LogP contribution in [-0.4, -0.2) is 72.1 Å². The molecule has 1 N–H and O–H groups in total. The lowest BCUT2D eigenvalue weighted by molar-refractivity contribution is -0.143. The molecule has 174 valence electrons. The number of nitrogens with zero attached hydrogens (tertiary/aromatic N) is 6. The Kier molecular flexibility index (Phi) is 5.04. The number of carbonyl (C=O) groups excluding carboxylic acids is 2. The van der Waals surface area contributed by atoms with E-state index in [1.165, 1.54) is 0 Å². The number of fused-ring (bicyclic) bond motifs is 2. The van der Waals surface area contributed by atoms with Crippen LogP contribution in [0.4, 0.5) is 0 Å². The topological polar surface area (TPSA) is 99.5 Å². The molecular weight excluding hydrogens is 430 g/mol. The largest absolute Gasteiger partial charge is 0.343 e. The molecule has 2 amide bonds. The van der Waals surface area contributed by atoms with E-state index in [9.17, 15) is 9.59 Å². The maximum Gasteiger partial charge on any atom is 0.245 e. The van der Waals surface area contributed by atoms with Crippen molar-refractivity contribution >= 4 is 28.4 Å². The van der Waals surface area contributed by atoms with Gasteiger partial charge in [0.05, 0.1) is 11.7 Å². The fraction of sp³-hybridized carbons (Fsp3) is 0.400. The first-order valence-corrected chi connectivity index (χ1v) is 12.0. The SMILES string of the molecule is CCC(=O)N1CCC[C@H]1C(=O)N1CCC(c2cc3c(-c4cnn5ncccc45)ccnc3[nH]2)C1. The molecule has 4 aromatic rings. The summed E-state index contributed by atoms with van der Waals surface area (Å²) in [6.45, 7) is 3.92. The van der Waals surface area contributed by atoms with E-state index in [0.717, 1.165) is 52.6 Å². The first-order chi connectivity index (χ1) is 16.6. The minimum Gasteiger partial charge on any atom is -0.343 e. The third kappa shape index (κ3) is 3.34. The van der Waals surface area contributed by atoms with Crippen LogP contribution in [0.15, 0.2) is 42.9 Å². The molecule has 2 fully saturated rings. The van der Waals surface area contributed by atoms with Gasteiger partial charge >= 0.3 is 0 Å². The van der Waals surface area contributed by atoms with Gasteiger partial charge in [-0.3, -0.25) is 9.59 Å². The van der Waals surface area contributed by atoms with E-state index in [4.69, 9.17) is 0 Å². The summed E-state index contributed by atoms with van der Waals surface area (Å²) in [4.78, 5) is 37.3. The molecule has 1 unspecified atom stereocenters. The molecule has 0 radical (unpaired) electrons. The van der Waals surface area contributed by atoms with Gasteiger partial charge in [-0.25, -0.2) is 4.98 Å². The molecule has 9 heteroatoms. The molecule has 34 heavy (non-hydrogen) atoms. The van der Waals surface area contributed by atoms with Crippen molar-refractivity contribution in [1.29, 1.82) is 0 Å². The Labute approximate surface area is 196 Å². The van der Waals surface area contributed by atoms with Crippen molar-refractivity contribution in [3.05, 3.63) is 48.5 Å². The Morgan fingerprint density at radius 3 is 2.91 bits per heavy atom. The van der Waals surface area contributed by atoms with Gasteiger partial charge < -0.3 is 14.8 Å². The van der Waals surface area contributed by atoms with Gasteiger partial charge in [0.15, 0.2) is 0 Å². The van der Waals surface area contributed by atoms with Gasteiger partial charge in [0.1, 0.15) is 11.7 Å². The van der Waals surface area contributed by atoms with Crippen LogP contribution in [0.25, 0.3) is 27.7 Å². The first kappa shape index (κ1) is 20.8. The third-order valence-corrected chi connectivity index (χ3v) is 7.25. The molecule has 9 nitrogen and oxygen atoms in total. The normalized spacial score (nSPS) is 20.6. The summed E-state index contributed by atoms with van der Waals surface area (Å²) in [5.74, 6) is 0.382. The van der Waals surface area contributed by atoms with Gasteiger partial charge in [0, 0.05) is 61.0 Å². The molecule has 0 aromatic carbocycles. The molecular formula is C25H27N7O2. The van der Waals surface area contributed by atoms with Gasteiger partial charge in [-0.15, -0.1) is 0 Å². The Balaban J connectivity index is 1.26. The van der Waals surface area contributed by atoms with E-state index >= 15 is 0 Å². The molecule has 2 saturated heterocycles. The van der Waals surface area contributed by atoms with Crippen LogP contribution in [-0.2, 0) is 9.59 Å². The first-order valence-electron chi connectivity index (χ1n) is 12.0. The second-order valence-corrected chi connectivity index (χ2v) is 9.17. The van der Waals surface area contributed by atoms with Crippen LogP contribution < -0.4 is 0 Å². The average molecular weight is 458 g/mol. The van der Waals surface area contributed by atoms with Crippen LogP contribution in [0.3, 0.4) is 0 Å². The van der Waals surface area contributed by atoms with Crippen molar-refractivity contribution in [3.8, 4) is 11.1 Å². The van der Waals surface area contributed by atoms with Crippen LogP contribution in [0.5, 0.6) is 0 Å². The number of aromatic amines is 1. The highest BCUT2D eigenvalue weighted by Gasteiger charge is 2.38. The lowest BCUT2D eigenvalue weighted by atomic mass is 10.0. The zero-order valence-electron chi connectivity index (χ0n) is 19.1. The van der Waals surface area contributed by atoms with Crippen LogP contribution >= 0.6 is 0 Å². The number of amides is 2. The summed E-state index contributed by atoms with van der Waals surface area (Å²) in [5.41, 5.74) is 4.93. The highest BCUT2D eigenvalue weighted by Crippen LogP contribution is 2.35. The number of rotatable bonds is 4. The van der Waals surface area contributed by atoms with Crippen LogP contribution in [0.2, 0.25) is 0 Å². The van der Waals surface area contributed by atoms with Gasteiger partial charge in [0.2, 0.25) is 11.8 Å². The average Bonchev–Trinajstić information content (AvgIpc) is 3.67. The number of hydrogen-bond donors (Lipinski definition) is 1. The lowest BCUT2D eigenvalue weighted by Crippen LogP contribution is -2.46. The third-order valence-electron chi connectivity index (χ3n) is 7.25. The van der Waals surface area contributed by atoms with Crippen molar-refractivity contribution in [2.45, 2.75) is 44.6 Å². The molecule has 0 aliphatic carbocycles. The van der Waals surface area contributed by atoms with Gasteiger partial charge in [0.25, 0.3) is 0 Å². The molecule has 0 spiro atoms. The molecule has 2 aliphatic heterocycles. The van der Waals surface area contributed by atoms with E-state index in [-0.39, 0.29) is 23.8 Å². The molecule has 6 rings (SSSR count). The number of nitrogens with one attached hydrogen (secondary N) is 1. The molecule has 2 aliphatic rings. The van der Waals surface area contributed by atoms with E-state index in [1.807, 2.05) is 42.4 Å². The highest BCUT2D eigenvalue weighted by molar-refractivity contribution is 5.97. The van der Waals surface area contributed by atoms with Crippen molar-refractivity contribution in [2.24, 2.45) is 0 Å². The quantitative estimate of drug-likeness (QED) is 0.508. The predicted octanol–water partition coefficient (Wildman–Crippen LogP) is 2.99. The molecule has 0 bridgehead atoms. The van der Waals surface area contributed by atoms with E-state index in [0.29, 0.717) is 26.1 Å². The Morgan fingerprint density at radius 2 is 2.03 bits per heavy atom. The number of H-pyrrole nitrogens is 1. The molecule has 2 atom stereocenters. The van der Waals surface area contributed by atoms with Crippen molar-refractivity contribution in [2.75, 3.05) is 19.6 Å². The second kappa shape index (κ2) is 8.23. The smallest absolute Gasteiger partial charge is 0.245 e. The maximum absolute atomic E-state index is 13.3. The fourth-order valence-electron chi connectivity index (χ4n) is 5.49. The summed E-state index contributed by atoms with van der Waals surface area (Å²) >= 11 is 0. The van der Waals surface area contributed by atoms with E-state index in [1.54, 1.807) is 15.7 Å². The van der Waals surface area contributed by atoms with Gasteiger partial charge in [-0.1, -0.05) is 6.92 Å². The van der Waals surface area contributed by atoms with Crippen LogP contribution in [0, 0.1) is 0 Å². The number of hydrogen-bond acceptors (Lipinski definition) is 5. The zero-order valence-corrected chi connectivity index (χ0v) is 19.1. The maximum atomic E-state index is 13.3. The standard InChI is InChI=1S/C25H27N7O2/c1-2-23(33)31-11-4-6-22(31)25(34)30-12-8-16(15-30)20-13-18-17(7-10-26-24(18)29-20)19-14-28-32-21(19)5-3-9-27-32/h3,5,7,9-10,13-14,16,22H,2,4,6,8,11-12,15H2,1H3,(H,26,29)/t16?,22-/m0/s1. The molecule has 0 saturated carbocycles. The Morgan fingerprint density at radius 1 is 1.12 bits per heavy atom. The predicted molar refractivity (Wildman–Crippen MR) is 127 cm³/mol. The minimum absolute atomic E-state index is 0.0729. The zero-order chi connectivity index (χ0) is 23.2. The van der Waals surface area contributed by atoms with Gasteiger partial charge in [-0.2, -0.15) is 14.8 Å². The summed E-state index contributed by atoms with van der Waals surface area (Å²) < 4.78 is 1.63. The summed E-state index contributed by atoms with van der Waals surface area (Å²) in [5, 5.41) is 9.69. The van der Waals surface area contributed by atoms with Gasteiger partial charge in [-0.05, 0) is 49.1 Å². The van der Waals surface area contributed by atoms with E-state index < -0.39 is 0 Å². The summed E-state index contributed by atoms with van der Waals surface area (Å²) in [7, 11) is 0. The monoisotopic (exact) mass is 457 g/mol. The van der Waals surface area contributed by atoms with E-state index in [2.05, 4.69) is 26.2 Å². The Bertz CT molecular complexity index is 1390. The molecule has 4 aromatic heterocycles. The van der Waals surface area contributed by atoms with Crippen LogP contribution in [0.1, 0.15) is 44.2 Å². The number of aromatic nitrogens is 5. The number of carbonyl (C=O) groups is 2. The highest BCUT2D eigenvalue weighted by atomic mass is 16.2. The minimum atomic E-state index is -0.300.